The Morgan fingerprint density at radius 3 is 2.63 bits per heavy atom. The van der Waals surface area contributed by atoms with Gasteiger partial charge in [0.2, 0.25) is 5.78 Å². The lowest BCUT2D eigenvalue weighted by Crippen LogP contribution is -2.43. The molecule has 0 aliphatic carbocycles. The topological polar surface area (TPSA) is 92.5 Å². The second kappa shape index (κ2) is 8.68. The highest BCUT2D eigenvalue weighted by Crippen LogP contribution is 2.31. The van der Waals surface area contributed by atoms with Gasteiger partial charge in [-0.05, 0) is 42.5 Å². The van der Waals surface area contributed by atoms with Crippen molar-refractivity contribution in [1.82, 2.24) is 10.3 Å². The largest absolute Gasteiger partial charge is 0.494 e. The smallest absolute Gasteiger partial charge is 0.206 e. The number of hydrogen-bond acceptors (Lipinski definition) is 8. The summed E-state index contributed by atoms with van der Waals surface area (Å²) >= 11 is 1.14. The molecule has 1 saturated heterocycles. The molecule has 4 rings (SSSR count). The minimum absolute atomic E-state index is 0.0791. The number of nitrogens with zero attached hydrogens (tertiary/aromatic N) is 2. The molecule has 7 nitrogen and oxygen atoms in total. The van der Waals surface area contributed by atoms with E-state index in [2.05, 4.69) is 32.7 Å². The molecule has 0 radical (unpaired) electrons. The number of nitrogen functional groups attached to an aromatic ring is 1. The summed E-state index contributed by atoms with van der Waals surface area (Å²) in [7, 11) is 1.37. The Bertz CT molecular complexity index is 1050. The summed E-state index contributed by atoms with van der Waals surface area (Å²) in [6, 6.07) is 12.1. The first-order valence-electron chi connectivity index (χ1n) is 9.52. The number of thiazole rings is 1. The van der Waals surface area contributed by atoms with Crippen LogP contribution in [0.4, 0.5) is 26.7 Å². The molecule has 3 aromatic rings. The van der Waals surface area contributed by atoms with E-state index in [1.807, 2.05) is 12.1 Å². The quantitative estimate of drug-likeness (QED) is 0.520. The third kappa shape index (κ3) is 4.22. The number of anilines is 4. The number of ether oxygens (including phenoxy) is 1. The van der Waals surface area contributed by atoms with Gasteiger partial charge in [-0.25, -0.2) is 9.37 Å². The van der Waals surface area contributed by atoms with Gasteiger partial charge in [-0.2, -0.15) is 0 Å². The first-order valence-corrected chi connectivity index (χ1v) is 10.3. The van der Waals surface area contributed by atoms with E-state index in [0.717, 1.165) is 55.0 Å². The normalized spacial score (nSPS) is 13.9. The van der Waals surface area contributed by atoms with E-state index in [0.29, 0.717) is 5.13 Å². The zero-order valence-electron chi connectivity index (χ0n) is 16.4. The number of ketones is 1. The summed E-state index contributed by atoms with van der Waals surface area (Å²) in [6.45, 7) is 3.92. The first-order chi connectivity index (χ1) is 14.5. The molecule has 156 valence electrons. The summed E-state index contributed by atoms with van der Waals surface area (Å²) in [5.41, 5.74) is 8.16. The minimum Gasteiger partial charge on any atom is -0.494 e. The SMILES string of the molecule is COc1ccc(C(=O)c2sc(Nc3ccc(N4CCNCC4)cc3)nc2N)cc1F. The maximum Gasteiger partial charge on any atom is 0.206 e. The van der Waals surface area contributed by atoms with Gasteiger partial charge in [-0.15, -0.1) is 0 Å². The van der Waals surface area contributed by atoms with E-state index >= 15 is 0 Å². The Balaban J connectivity index is 1.48. The van der Waals surface area contributed by atoms with Crippen LogP contribution in [0.1, 0.15) is 15.2 Å². The molecule has 2 heterocycles. The summed E-state index contributed by atoms with van der Waals surface area (Å²) in [5, 5.41) is 7.02. The maximum absolute atomic E-state index is 13.9. The fraction of sp³-hybridized carbons (Fsp3) is 0.238. The zero-order chi connectivity index (χ0) is 21.1. The Kier molecular flexibility index (Phi) is 5.82. The van der Waals surface area contributed by atoms with Crippen molar-refractivity contribution in [3.63, 3.8) is 0 Å². The number of benzene rings is 2. The van der Waals surface area contributed by atoms with Crippen LogP contribution < -0.4 is 26.0 Å². The number of carbonyl (C=O) groups excluding carboxylic acids is 1. The van der Waals surface area contributed by atoms with E-state index < -0.39 is 5.82 Å². The van der Waals surface area contributed by atoms with E-state index in [-0.39, 0.29) is 27.8 Å². The molecule has 0 saturated carbocycles. The van der Waals surface area contributed by atoms with Crippen molar-refractivity contribution >= 4 is 39.4 Å². The van der Waals surface area contributed by atoms with Gasteiger partial charge in [0.25, 0.3) is 0 Å². The van der Waals surface area contributed by atoms with Crippen LogP contribution in [0, 0.1) is 5.82 Å². The number of nitrogens with one attached hydrogen (secondary N) is 2. The van der Waals surface area contributed by atoms with Crippen molar-refractivity contribution in [2.24, 2.45) is 0 Å². The van der Waals surface area contributed by atoms with Crippen molar-refractivity contribution in [2.45, 2.75) is 0 Å². The van der Waals surface area contributed by atoms with Crippen molar-refractivity contribution < 1.29 is 13.9 Å². The van der Waals surface area contributed by atoms with Crippen molar-refractivity contribution in [3.05, 3.63) is 58.7 Å². The third-order valence-electron chi connectivity index (χ3n) is 4.87. The molecule has 30 heavy (non-hydrogen) atoms. The summed E-state index contributed by atoms with van der Waals surface area (Å²) in [4.78, 5) is 19.6. The molecule has 1 aliphatic heterocycles. The molecule has 0 bridgehead atoms. The van der Waals surface area contributed by atoms with Gasteiger partial charge >= 0.3 is 0 Å². The molecule has 4 N–H and O–H groups in total. The molecule has 1 aromatic heterocycles. The van der Waals surface area contributed by atoms with Crippen LogP contribution in [-0.2, 0) is 0 Å². The second-order valence-corrected chi connectivity index (χ2v) is 7.82. The Labute approximate surface area is 177 Å². The number of nitrogens with two attached hydrogens (primary N) is 1. The molecular weight excluding hydrogens is 405 g/mol. The molecule has 0 unspecified atom stereocenters. The third-order valence-corrected chi connectivity index (χ3v) is 5.86. The van der Waals surface area contributed by atoms with Gasteiger partial charge in [0.05, 0.1) is 7.11 Å². The Morgan fingerprint density at radius 2 is 1.97 bits per heavy atom. The minimum atomic E-state index is -0.602. The van der Waals surface area contributed by atoms with Gasteiger partial charge < -0.3 is 26.0 Å². The standard InChI is InChI=1S/C21H22FN5O2S/c1-29-17-7-2-13(12-16(17)22)18(28)19-20(23)26-21(30-19)25-14-3-5-15(6-4-14)27-10-8-24-9-11-27/h2-7,12,24H,8-11,23H2,1H3,(H,25,26). The lowest BCUT2D eigenvalue weighted by molar-refractivity contribution is 0.104. The molecule has 0 atom stereocenters. The predicted octanol–water partition coefficient (Wildman–Crippen LogP) is 3.26. The molecule has 1 fully saturated rings. The Morgan fingerprint density at radius 1 is 1.23 bits per heavy atom. The number of methoxy groups -OCH3 is 1. The number of piperazine rings is 1. The predicted molar refractivity (Wildman–Crippen MR) is 118 cm³/mol. The van der Waals surface area contributed by atoms with Crippen LogP contribution >= 0.6 is 11.3 Å². The molecule has 0 amide bonds. The molecule has 2 aromatic carbocycles. The van der Waals surface area contributed by atoms with Crippen LogP contribution in [0.25, 0.3) is 0 Å². The number of halogens is 1. The van der Waals surface area contributed by atoms with Gasteiger partial charge in [0.15, 0.2) is 16.7 Å². The van der Waals surface area contributed by atoms with Crippen LogP contribution in [-0.4, -0.2) is 44.1 Å². The van der Waals surface area contributed by atoms with Gasteiger partial charge in [-0.3, -0.25) is 4.79 Å². The van der Waals surface area contributed by atoms with E-state index in [9.17, 15) is 9.18 Å². The second-order valence-electron chi connectivity index (χ2n) is 6.82. The summed E-state index contributed by atoms with van der Waals surface area (Å²) in [5.74, 6) is -0.792. The molecule has 0 spiro atoms. The zero-order valence-corrected chi connectivity index (χ0v) is 17.3. The molecular formula is C21H22FN5O2S. The maximum atomic E-state index is 13.9. The highest BCUT2D eigenvalue weighted by atomic mass is 32.1. The average Bonchev–Trinajstić information content (AvgIpc) is 3.14. The van der Waals surface area contributed by atoms with Gasteiger partial charge in [0.1, 0.15) is 10.7 Å². The van der Waals surface area contributed by atoms with Crippen LogP contribution in [0.5, 0.6) is 5.75 Å². The van der Waals surface area contributed by atoms with Crippen LogP contribution in [0.2, 0.25) is 0 Å². The lowest BCUT2D eigenvalue weighted by atomic mass is 10.1. The molecule has 1 aliphatic rings. The summed E-state index contributed by atoms with van der Waals surface area (Å²) in [6.07, 6.45) is 0. The van der Waals surface area contributed by atoms with E-state index in [1.165, 1.54) is 19.2 Å². The first kappa shape index (κ1) is 20.1. The summed E-state index contributed by atoms with van der Waals surface area (Å²) < 4.78 is 18.8. The van der Waals surface area contributed by atoms with Crippen molar-refractivity contribution in [1.29, 1.82) is 0 Å². The highest BCUT2D eigenvalue weighted by Gasteiger charge is 2.20. The van der Waals surface area contributed by atoms with Crippen molar-refractivity contribution in [3.8, 4) is 5.75 Å². The van der Waals surface area contributed by atoms with E-state index in [1.54, 1.807) is 0 Å². The van der Waals surface area contributed by atoms with Gasteiger partial charge in [-0.1, -0.05) is 11.3 Å². The molecule has 9 heteroatoms. The van der Waals surface area contributed by atoms with Crippen LogP contribution in [0.3, 0.4) is 0 Å². The fourth-order valence-corrected chi connectivity index (χ4v) is 4.16. The average molecular weight is 428 g/mol. The number of carbonyl (C=O) groups is 1. The Hall–Kier alpha value is -3.17. The van der Waals surface area contributed by atoms with E-state index in [4.69, 9.17) is 10.5 Å². The van der Waals surface area contributed by atoms with Crippen LogP contribution in [0.15, 0.2) is 42.5 Å². The number of hydrogen-bond donors (Lipinski definition) is 3. The lowest BCUT2D eigenvalue weighted by Gasteiger charge is -2.29. The van der Waals surface area contributed by atoms with Gasteiger partial charge in [0, 0.05) is 43.1 Å². The number of aromatic nitrogens is 1. The highest BCUT2D eigenvalue weighted by molar-refractivity contribution is 7.18. The monoisotopic (exact) mass is 427 g/mol. The number of rotatable bonds is 6. The fourth-order valence-electron chi connectivity index (χ4n) is 3.29. The van der Waals surface area contributed by atoms with Crippen molar-refractivity contribution in [2.75, 3.05) is 49.2 Å².